The van der Waals surface area contributed by atoms with E-state index in [4.69, 9.17) is 4.74 Å². The van der Waals surface area contributed by atoms with Crippen LogP contribution in [0.5, 0.6) is 0 Å². The van der Waals surface area contributed by atoms with E-state index in [0.717, 1.165) is 24.0 Å². The van der Waals surface area contributed by atoms with Crippen molar-refractivity contribution in [1.82, 2.24) is 15.5 Å². The molecule has 0 aromatic carbocycles. The Hall–Kier alpha value is -0.520. The Labute approximate surface area is 107 Å². The van der Waals surface area contributed by atoms with E-state index in [2.05, 4.69) is 29.4 Å². The molecule has 1 saturated carbocycles. The summed E-state index contributed by atoms with van der Waals surface area (Å²) in [5.41, 5.74) is 0. The van der Waals surface area contributed by atoms with Crippen LogP contribution < -0.4 is 5.32 Å². The van der Waals surface area contributed by atoms with E-state index in [9.17, 15) is 0 Å². The fraction of sp³-hybridized carbons (Fsp3) is 0.833. The molecule has 0 aliphatic heterocycles. The molecule has 0 bridgehead atoms. The molecule has 1 aromatic rings. The maximum Gasteiger partial charge on any atom is 0.134 e. The molecular weight excluding hydrogens is 234 g/mol. The Kier molecular flexibility index (Phi) is 4.48. The number of nitrogens with zero attached hydrogens (tertiary/aromatic N) is 2. The minimum atomic E-state index is 0.304. The highest BCUT2D eigenvalue weighted by molar-refractivity contribution is 7.11. The summed E-state index contributed by atoms with van der Waals surface area (Å²) in [6, 6.07) is 0.304. The van der Waals surface area contributed by atoms with Crippen molar-refractivity contribution in [3.63, 3.8) is 0 Å². The van der Waals surface area contributed by atoms with Gasteiger partial charge in [-0.25, -0.2) is 0 Å². The monoisotopic (exact) mass is 255 g/mol. The van der Waals surface area contributed by atoms with Crippen LogP contribution in [0, 0.1) is 5.92 Å². The van der Waals surface area contributed by atoms with Crippen molar-refractivity contribution >= 4 is 11.3 Å². The summed E-state index contributed by atoms with van der Waals surface area (Å²) in [4.78, 5) is 0. The first-order chi connectivity index (χ1) is 8.22. The van der Waals surface area contributed by atoms with Crippen molar-refractivity contribution in [3.8, 4) is 0 Å². The van der Waals surface area contributed by atoms with Gasteiger partial charge < -0.3 is 10.1 Å². The van der Waals surface area contributed by atoms with Gasteiger partial charge in [-0.3, -0.25) is 0 Å². The lowest BCUT2D eigenvalue weighted by molar-refractivity contribution is -0.0240. The molecule has 1 aliphatic rings. The molecule has 0 amide bonds. The third-order valence-electron chi connectivity index (χ3n) is 3.34. The molecule has 0 radical (unpaired) electrons. The molecule has 0 spiro atoms. The van der Waals surface area contributed by atoms with Crippen LogP contribution in [0.1, 0.15) is 42.7 Å². The standard InChI is InChI=1S/C12H21N3OS/c1-4-16-10-5-9(6-10)7-11-14-15-12(17-11)8(2)13-3/h8-10,13H,4-7H2,1-3H3. The van der Waals surface area contributed by atoms with E-state index < -0.39 is 0 Å². The predicted molar refractivity (Wildman–Crippen MR) is 69.2 cm³/mol. The number of ether oxygens (including phenoxy) is 1. The zero-order chi connectivity index (χ0) is 12.3. The van der Waals surface area contributed by atoms with Crippen LogP contribution in [-0.4, -0.2) is 30.0 Å². The summed E-state index contributed by atoms with van der Waals surface area (Å²) in [6.07, 6.45) is 3.93. The van der Waals surface area contributed by atoms with E-state index in [0.29, 0.717) is 12.1 Å². The zero-order valence-corrected chi connectivity index (χ0v) is 11.6. The molecule has 17 heavy (non-hydrogen) atoms. The van der Waals surface area contributed by atoms with Gasteiger partial charge in [0.2, 0.25) is 0 Å². The Morgan fingerprint density at radius 1 is 1.47 bits per heavy atom. The summed E-state index contributed by atoms with van der Waals surface area (Å²) in [7, 11) is 1.95. The van der Waals surface area contributed by atoms with Crippen molar-refractivity contribution in [2.24, 2.45) is 5.92 Å². The van der Waals surface area contributed by atoms with Crippen LogP contribution >= 0.6 is 11.3 Å². The second-order valence-electron chi connectivity index (χ2n) is 4.66. The normalized spacial score (nSPS) is 25.6. The van der Waals surface area contributed by atoms with Gasteiger partial charge in [-0.1, -0.05) is 11.3 Å². The third-order valence-corrected chi connectivity index (χ3v) is 4.47. The summed E-state index contributed by atoms with van der Waals surface area (Å²) >= 11 is 1.73. The third kappa shape index (κ3) is 3.24. The first kappa shape index (κ1) is 12.9. The van der Waals surface area contributed by atoms with E-state index in [1.807, 2.05) is 7.05 Å². The van der Waals surface area contributed by atoms with Gasteiger partial charge in [0.1, 0.15) is 10.0 Å². The van der Waals surface area contributed by atoms with Gasteiger partial charge in [-0.15, -0.1) is 10.2 Å². The van der Waals surface area contributed by atoms with Crippen LogP contribution in [0.2, 0.25) is 0 Å². The molecule has 1 N–H and O–H groups in total. The van der Waals surface area contributed by atoms with Crippen LogP contribution in [-0.2, 0) is 11.2 Å². The molecule has 1 atom stereocenters. The summed E-state index contributed by atoms with van der Waals surface area (Å²) in [6.45, 7) is 5.00. The van der Waals surface area contributed by atoms with Gasteiger partial charge in [-0.2, -0.15) is 0 Å². The van der Waals surface area contributed by atoms with Crippen LogP contribution in [0.15, 0.2) is 0 Å². The average Bonchev–Trinajstić information content (AvgIpc) is 2.74. The van der Waals surface area contributed by atoms with E-state index in [1.54, 1.807) is 11.3 Å². The summed E-state index contributed by atoms with van der Waals surface area (Å²) < 4.78 is 5.56. The second-order valence-corrected chi connectivity index (χ2v) is 5.76. The summed E-state index contributed by atoms with van der Waals surface area (Å²) in [5, 5.41) is 13.9. The van der Waals surface area contributed by atoms with Gasteiger partial charge in [0.25, 0.3) is 0 Å². The Bertz CT molecular complexity index is 349. The minimum Gasteiger partial charge on any atom is -0.378 e. The number of hydrogen-bond acceptors (Lipinski definition) is 5. The molecule has 5 heteroatoms. The van der Waals surface area contributed by atoms with E-state index in [-0.39, 0.29) is 0 Å². The smallest absolute Gasteiger partial charge is 0.134 e. The van der Waals surface area contributed by atoms with Gasteiger partial charge in [-0.05, 0) is 39.7 Å². The molecule has 1 unspecified atom stereocenters. The molecule has 1 heterocycles. The fourth-order valence-corrected chi connectivity index (χ4v) is 3.13. The first-order valence-corrected chi connectivity index (χ1v) is 7.15. The second kappa shape index (κ2) is 5.89. The Balaban J connectivity index is 1.79. The molecule has 0 saturated heterocycles. The highest BCUT2D eigenvalue weighted by atomic mass is 32.1. The maximum absolute atomic E-state index is 5.56. The molecular formula is C12H21N3OS. The van der Waals surface area contributed by atoms with E-state index in [1.165, 1.54) is 17.8 Å². The Morgan fingerprint density at radius 2 is 2.24 bits per heavy atom. The highest BCUT2D eigenvalue weighted by Crippen LogP contribution is 2.33. The van der Waals surface area contributed by atoms with Gasteiger partial charge in [0.05, 0.1) is 12.1 Å². The lowest BCUT2D eigenvalue weighted by Gasteiger charge is -2.34. The minimum absolute atomic E-state index is 0.304. The number of nitrogens with one attached hydrogen (secondary N) is 1. The predicted octanol–water partition coefficient (Wildman–Crippen LogP) is 2.18. The molecule has 2 rings (SSSR count). The molecule has 1 fully saturated rings. The molecule has 1 aliphatic carbocycles. The van der Waals surface area contributed by atoms with Crippen molar-refractivity contribution in [2.75, 3.05) is 13.7 Å². The maximum atomic E-state index is 5.56. The van der Waals surface area contributed by atoms with Crippen LogP contribution in [0.3, 0.4) is 0 Å². The van der Waals surface area contributed by atoms with Crippen molar-refractivity contribution in [1.29, 1.82) is 0 Å². The van der Waals surface area contributed by atoms with Gasteiger partial charge in [0.15, 0.2) is 0 Å². The van der Waals surface area contributed by atoms with Crippen molar-refractivity contribution in [3.05, 3.63) is 10.0 Å². The van der Waals surface area contributed by atoms with Gasteiger partial charge >= 0.3 is 0 Å². The van der Waals surface area contributed by atoms with Gasteiger partial charge in [0, 0.05) is 13.0 Å². The zero-order valence-electron chi connectivity index (χ0n) is 10.8. The lowest BCUT2D eigenvalue weighted by Crippen LogP contribution is -2.32. The quantitative estimate of drug-likeness (QED) is 0.846. The number of hydrogen-bond donors (Lipinski definition) is 1. The SMILES string of the molecule is CCOC1CC(Cc2nnc(C(C)NC)s2)C1. The number of aromatic nitrogens is 2. The fourth-order valence-electron chi connectivity index (χ4n) is 2.11. The first-order valence-electron chi connectivity index (χ1n) is 6.34. The number of rotatable bonds is 6. The van der Waals surface area contributed by atoms with E-state index >= 15 is 0 Å². The molecule has 4 nitrogen and oxygen atoms in total. The lowest BCUT2D eigenvalue weighted by atomic mass is 9.80. The Morgan fingerprint density at radius 3 is 2.88 bits per heavy atom. The van der Waals surface area contributed by atoms with Crippen molar-refractivity contribution < 1.29 is 4.74 Å². The molecule has 96 valence electrons. The summed E-state index contributed by atoms with van der Waals surface area (Å²) in [5.74, 6) is 0.747. The van der Waals surface area contributed by atoms with Crippen LogP contribution in [0.25, 0.3) is 0 Å². The topological polar surface area (TPSA) is 47.0 Å². The van der Waals surface area contributed by atoms with Crippen molar-refractivity contribution in [2.45, 2.75) is 45.3 Å². The van der Waals surface area contributed by atoms with Crippen LogP contribution in [0.4, 0.5) is 0 Å². The largest absolute Gasteiger partial charge is 0.378 e. The highest BCUT2D eigenvalue weighted by Gasteiger charge is 2.30. The average molecular weight is 255 g/mol. The molecule has 1 aromatic heterocycles.